The first-order valence-electron chi connectivity index (χ1n) is 18.3. The molecule has 53 heavy (non-hydrogen) atoms. The summed E-state index contributed by atoms with van der Waals surface area (Å²) in [5, 5.41) is 3.59. The number of ether oxygens (including phenoxy) is 1. The lowest BCUT2D eigenvalue weighted by molar-refractivity contribution is -0.134. The van der Waals surface area contributed by atoms with Crippen LogP contribution in [0.15, 0.2) is 54.6 Å². The van der Waals surface area contributed by atoms with Gasteiger partial charge in [0.25, 0.3) is 5.91 Å². The second-order valence-electron chi connectivity index (χ2n) is 14.3. The van der Waals surface area contributed by atoms with E-state index in [2.05, 4.69) is 27.3 Å². The standard InChI is InChI=1S/C34H34ClFN4O4.C7H13NO/c1-39(2)34(43)29-18-26-22(8-10-28(36)32(26)37-29)24-7-5-21(17-30(24)44-3)40-14-12-19(13-15-40)20-4-6-23(27(35)16-20)25-9-11-31(41)38-33(25)42;1-7(9)8-5-3-2-4-6-8/h4-8,10,16-19,25,37H,9,11-15H2,1-3H3,(H,38,41,42);2-6H2,1H3. The summed E-state index contributed by atoms with van der Waals surface area (Å²) in [4.78, 5) is 55.8. The van der Waals surface area contributed by atoms with E-state index in [0.29, 0.717) is 40.6 Å². The molecular formula is C41H47ClFN5O5. The van der Waals surface area contributed by atoms with Gasteiger partial charge in [-0.05, 0) is 91.5 Å². The van der Waals surface area contributed by atoms with Crippen LogP contribution in [0.2, 0.25) is 5.02 Å². The van der Waals surface area contributed by atoms with Gasteiger partial charge in [0.2, 0.25) is 17.7 Å². The molecule has 0 spiro atoms. The summed E-state index contributed by atoms with van der Waals surface area (Å²) < 4.78 is 20.5. The first-order valence-corrected chi connectivity index (χ1v) is 18.7. The molecule has 0 radical (unpaired) electrons. The molecule has 2 N–H and O–H groups in total. The molecule has 3 saturated heterocycles. The Hall–Kier alpha value is -4.90. The Balaban J connectivity index is 0.000000468. The van der Waals surface area contributed by atoms with Gasteiger partial charge >= 0.3 is 0 Å². The molecular weight excluding hydrogens is 697 g/mol. The third-order valence-corrected chi connectivity index (χ3v) is 11.0. The lowest BCUT2D eigenvalue weighted by Gasteiger charge is -2.34. The van der Waals surface area contributed by atoms with Crippen LogP contribution in [0.4, 0.5) is 10.1 Å². The van der Waals surface area contributed by atoms with Crippen LogP contribution < -0.4 is 15.0 Å². The van der Waals surface area contributed by atoms with Crippen LogP contribution in [-0.4, -0.2) is 85.8 Å². The number of fused-ring (bicyclic) bond motifs is 1. The second kappa shape index (κ2) is 16.4. The number of aromatic nitrogens is 1. The Bertz CT molecular complexity index is 2020. The van der Waals surface area contributed by atoms with Crippen LogP contribution in [-0.2, 0) is 14.4 Å². The normalized spacial score (nSPS) is 18.0. The lowest BCUT2D eigenvalue weighted by Crippen LogP contribution is -2.39. The molecule has 0 bridgehead atoms. The number of aromatic amines is 1. The molecule has 0 aliphatic carbocycles. The quantitative estimate of drug-likeness (QED) is 0.201. The van der Waals surface area contributed by atoms with Gasteiger partial charge in [-0.3, -0.25) is 24.5 Å². The number of anilines is 1. The van der Waals surface area contributed by atoms with Crippen LogP contribution in [0.25, 0.3) is 22.0 Å². The molecule has 1 unspecified atom stereocenters. The predicted octanol–water partition coefficient (Wildman–Crippen LogP) is 7.26. The summed E-state index contributed by atoms with van der Waals surface area (Å²) in [5.74, 6) is -0.354. The molecule has 1 aromatic heterocycles. The fourth-order valence-electron chi connectivity index (χ4n) is 7.63. The number of benzene rings is 3. The topological polar surface area (TPSA) is 115 Å². The van der Waals surface area contributed by atoms with Gasteiger partial charge in [0.1, 0.15) is 17.3 Å². The summed E-state index contributed by atoms with van der Waals surface area (Å²) >= 11 is 6.65. The highest BCUT2D eigenvalue weighted by atomic mass is 35.5. The molecule has 3 aliphatic heterocycles. The van der Waals surface area contributed by atoms with Gasteiger partial charge in [-0.1, -0.05) is 29.8 Å². The molecule has 10 nitrogen and oxygen atoms in total. The Morgan fingerprint density at radius 2 is 1.62 bits per heavy atom. The van der Waals surface area contributed by atoms with Crippen molar-refractivity contribution >= 4 is 51.8 Å². The minimum absolute atomic E-state index is 0.231. The summed E-state index contributed by atoms with van der Waals surface area (Å²) in [7, 11) is 4.94. The van der Waals surface area contributed by atoms with Gasteiger partial charge < -0.3 is 24.4 Å². The van der Waals surface area contributed by atoms with Crippen molar-refractivity contribution in [2.75, 3.05) is 52.3 Å². The van der Waals surface area contributed by atoms with Crippen LogP contribution in [0, 0.1) is 5.82 Å². The Kier molecular flexibility index (Phi) is 11.7. The third-order valence-electron chi connectivity index (χ3n) is 10.6. The fraction of sp³-hybridized carbons (Fsp3) is 0.415. The van der Waals surface area contributed by atoms with E-state index >= 15 is 0 Å². The number of H-pyrrole nitrogens is 1. The monoisotopic (exact) mass is 743 g/mol. The van der Waals surface area contributed by atoms with Crippen molar-refractivity contribution in [1.29, 1.82) is 0 Å². The number of piperidine rings is 3. The molecule has 0 saturated carbocycles. The van der Waals surface area contributed by atoms with E-state index in [1.165, 1.54) is 30.2 Å². The number of hydrogen-bond donors (Lipinski definition) is 2. The molecule has 4 heterocycles. The summed E-state index contributed by atoms with van der Waals surface area (Å²) in [6.45, 7) is 5.29. The first kappa shape index (κ1) is 37.8. The van der Waals surface area contributed by atoms with Crippen molar-refractivity contribution in [2.24, 2.45) is 0 Å². The summed E-state index contributed by atoms with van der Waals surface area (Å²) in [6.07, 6.45) is 6.34. The molecule has 1 atom stereocenters. The minimum Gasteiger partial charge on any atom is -0.496 e. The van der Waals surface area contributed by atoms with Crippen molar-refractivity contribution in [2.45, 2.75) is 63.7 Å². The molecule has 12 heteroatoms. The largest absolute Gasteiger partial charge is 0.496 e. The third kappa shape index (κ3) is 8.35. The van der Waals surface area contributed by atoms with E-state index in [1.807, 2.05) is 29.2 Å². The molecule has 280 valence electrons. The van der Waals surface area contributed by atoms with Crippen molar-refractivity contribution in [3.63, 3.8) is 0 Å². The SMILES string of the molecule is CC(=O)N1CCCCC1.COc1cc(N2CCC(c3ccc(C4CCC(=O)NC4=O)c(Cl)c3)CC2)ccc1-c1ccc(F)c2[nH]c(C(=O)N(C)C)cc12. The highest BCUT2D eigenvalue weighted by molar-refractivity contribution is 6.31. The Morgan fingerprint density at radius 3 is 2.25 bits per heavy atom. The Labute approximate surface area is 314 Å². The van der Waals surface area contributed by atoms with Crippen LogP contribution in [0.5, 0.6) is 5.75 Å². The van der Waals surface area contributed by atoms with Crippen LogP contribution in [0.3, 0.4) is 0 Å². The average molecular weight is 744 g/mol. The number of nitrogens with zero attached hydrogens (tertiary/aromatic N) is 3. The van der Waals surface area contributed by atoms with Crippen molar-refractivity contribution in [1.82, 2.24) is 20.1 Å². The Morgan fingerprint density at radius 1 is 0.906 bits per heavy atom. The van der Waals surface area contributed by atoms with Gasteiger partial charge in [0.15, 0.2) is 0 Å². The number of carbonyl (C=O) groups excluding carboxylic acids is 4. The minimum atomic E-state index is -0.424. The maximum Gasteiger partial charge on any atom is 0.269 e. The average Bonchev–Trinajstić information content (AvgIpc) is 3.62. The van der Waals surface area contributed by atoms with E-state index in [-0.39, 0.29) is 29.1 Å². The van der Waals surface area contributed by atoms with E-state index < -0.39 is 11.7 Å². The highest BCUT2D eigenvalue weighted by Gasteiger charge is 2.30. The van der Waals surface area contributed by atoms with Gasteiger partial charge in [-0.25, -0.2) is 4.39 Å². The predicted molar refractivity (Wildman–Crippen MR) is 205 cm³/mol. The van der Waals surface area contributed by atoms with Gasteiger partial charge in [-0.2, -0.15) is 0 Å². The number of rotatable bonds is 6. The smallest absolute Gasteiger partial charge is 0.269 e. The molecule has 4 amide bonds. The summed E-state index contributed by atoms with van der Waals surface area (Å²) in [5.41, 5.74) is 5.14. The summed E-state index contributed by atoms with van der Waals surface area (Å²) in [6, 6.07) is 16.8. The van der Waals surface area contributed by atoms with Gasteiger partial charge in [-0.15, -0.1) is 0 Å². The van der Waals surface area contributed by atoms with Gasteiger partial charge in [0, 0.05) is 81.3 Å². The van der Waals surface area contributed by atoms with Gasteiger partial charge in [0.05, 0.1) is 18.5 Å². The van der Waals surface area contributed by atoms with E-state index in [9.17, 15) is 23.6 Å². The number of amides is 4. The van der Waals surface area contributed by atoms with Crippen molar-refractivity contribution in [3.8, 4) is 16.9 Å². The number of halogens is 2. The zero-order chi connectivity index (χ0) is 37.8. The zero-order valence-corrected chi connectivity index (χ0v) is 31.5. The van der Waals surface area contributed by atoms with Crippen LogP contribution in [0.1, 0.15) is 85.3 Å². The second-order valence-corrected chi connectivity index (χ2v) is 14.7. The number of nitrogens with one attached hydrogen (secondary N) is 2. The lowest BCUT2D eigenvalue weighted by atomic mass is 9.85. The number of imide groups is 1. The molecule has 7 rings (SSSR count). The number of hydrogen-bond acceptors (Lipinski definition) is 6. The maximum absolute atomic E-state index is 14.7. The van der Waals surface area contributed by atoms with E-state index in [4.69, 9.17) is 16.3 Å². The van der Waals surface area contributed by atoms with Crippen LogP contribution >= 0.6 is 11.6 Å². The zero-order valence-electron chi connectivity index (χ0n) is 30.8. The molecule has 4 aromatic rings. The fourth-order valence-corrected chi connectivity index (χ4v) is 7.95. The molecule has 3 aliphatic rings. The number of carbonyl (C=O) groups is 4. The van der Waals surface area contributed by atoms with E-state index in [0.717, 1.165) is 67.0 Å². The first-order chi connectivity index (χ1) is 25.4. The van der Waals surface area contributed by atoms with E-state index in [1.54, 1.807) is 40.3 Å². The van der Waals surface area contributed by atoms with Crippen molar-refractivity contribution < 1.29 is 28.3 Å². The number of methoxy groups -OCH3 is 1. The molecule has 3 fully saturated rings. The molecule has 3 aromatic carbocycles. The van der Waals surface area contributed by atoms with Crippen molar-refractivity contribution in [3.05, 3.63) is 82.3 Å². The number of likely N-dealkylation sites (tertiary alicyclic amines) is 1. The maximum atomic E-state index is 14.7. The highest BCUT2D eigenvalue weighted by Crippen LogP contribution is 2.41.